The van der Waals surface area contributed by atoms with E-state index < -0.39 is 11.6 Å². The molecule has 17 heavy (non-hydrogen) atoms. The number of fused-ring (bicyclic) bond motifs is 1. The van der Waals surface area contributed by atoms with Crippen molar-refractivity contribution in [2.75, 3.05) is 13.1 Å². The normalized spacial score (nSPS) is 16.2. The van der Waals surface area contributed by atoms with Crippen molar-refractivity contribution in [1.82, 2.24) is 10.3 Å². The third-order valence-electron chi connectivity index (χ3n) is 3.11. The molecule has 0 aliphatic carbocycles. The average Bonchev–Trinajstić information content (AvgIpc) is 2.74. The lowest BCUT2D eigenvalue weighted by atomic mass is 9.99. The predicted molar refractivity (Wildman–Crippen MR) is 63.7 cm³/mol. The van der Waals surface area contributed by atoms with Crippen molar-refractivity contribution >= 4 is 16.5 Å². The van der Waals surface area contributed by atoms with Crippen LogP contribution in [0.1, 0.15) is 12.0 Å². The Hall–Kier alpha value is -1.68. The van der Waals surface area contributed by atoms with Crippen LogP contribution in [0.25, 0.3) is 16.5 Å². The molecule has 0 bridgehead atoms. The number of H-pyrrole nitrogens is 1. The quantitative estimate of drug-likeness (QED) is 0.780. The van der Waals surface area contributed by atoms with Gasteiger partial charge in [-0.3, -0.25) is 0 Å². The molecule has 2 N–H and O–H groups in total. The van der Waals surface area contributed by atoms with Gasteiger partial charge in [0, 0.05) is 29.8 Å². The van der Waals surface area contributed by atoms with Gasteiger partial charge in [-0.15, -0.1) is 0 Å². The fourth-order valence-corrected chi connectivity index (χ4v) is 2.30. The number of halogens is 2. The molecule has 0 spiro atoms. The number of nitrogens with one attached hydrogen (secondary N) is 2. The van der Waals surface area contributed by atoms with Crippen LogP contribution >= 0.6 is 0 Å². The zero-order valence-electron chi connectivity index (χ0n) is 9.19. The minimum absolute atomic E-state index is 0.486. The lowest BCUT2D eigenvalue weighted by molar-refractivity contribution is 0.592. The summed E-state index contributed by atoms with van der Waals surface area (Å²) < 4.78 is 26.9. The maximum atomic E-state index is 13.8. The van der Waals surface area contributed by atoms with Crippen LogP contribution in [0.2, 0.25) is 0 Å². The predicted octanol–water partition coefficient (Wildman–Crippen LogP) is 2.82. The lowest BCUT2D eigenvalue weighted by Gasteiger charge is -2.13. The topological polar surface area (TPSA) is 27.8 Å². The molecule has 1 aliphatic rings. The molecule has 0 saturated carbocycles. The molecule has 1 aromatic heterocycles. The van der Waals surface area contributed by atoms with Crippen molar-refractivity contribution in [2.24, 2.45) is 0 Å². The number of hydrogen-bond acceptors (Lipinski definition) is 1. The second-order valence-electron chi connectivity index (χ2n) is 4.20. The molecule has 0 radical (unpaired) electrons. The molecule has 0 unspecified atom stereocenters. The van der Waals surface area contributed by atoms with E-state index in [-0.39, 0.29) is 0 Å². The van der Waals surface area contributed by atoms with Gasteiger partial charge in [-0.25, -0.2) is 8.78 Å². The van der Waals surface area contributed by atoms with Gasteiger partial charge in [0.2, 0.25) is 0 Å². The molecule has 2 aromatic rings. The minimum Gasteiger partial charge on any atom is -0.360 e. The second-order valence-corrected chi connectivity index (χ2v) is 4.20. The van der Waals surface area contributed by atoms with Crippen LogP contribution < -0.4 is 5.32 Å². The van der Waals surface area contributed by atoms with Crippen LogP contribution in [-0.4, -0.2) is 18.1 Å². The van der Waals surface area contributed by atoms with Crippen molar-refractivity contribution in [3.63, 3.8) is 0 Å². The van der Waals surface area contributed by atoms with Crippen molar-refractivity contribution in [2.45, 2.75) is 6.42 Å². The minimum atomic E-state index is -0.553. The molecule has 3 rings (SSSR count). The highest BCUT2D eigenvalue weighted by atomic mass is 19.1. The first-order chi connectivity index (χ1) is 8.25. The van der Waals surface area contributed by atoms with Crippen LogP contribution in [0.4, 0.5) is 8.78 Å². The van der Waals surface area contributed by atoms with Gasteiger partial charge in [-0.2, -0.15) is 0 Å². The van der Waals surface area contributed by atoms with Crippen LogP contribution in [0.15, 0.2) is 24.4 Å². The highest BCUT2D eigenvalue weighted by Gasteiger charge is 2.15. The van der Waals surface area contributed by atoms with E-state index in [2.05, 4.69) is 16.4 Å². The zero-order valence-corrected chi connectivity index (χ0v) is 9.19. The Morgan fingerprint density at radius 3 is 2.82 bits per heavy atom. The molecule has 2 nitrogen and oxygen atoms in total. The van der Waals surface area contributed by atoms with Gasteiger partial charge in [0.25, 0.3) is 0 Å². The van der Waals surface area contributed by atoms with Gasteiger partial charge in [0.15, 0.2) is 0 Å². The van der Waals surface area contributed by atoms with Gasteiger partial charge in [0.05, 0.1) is 5.52 Å². The first kappa shape index (κ1) is 10.5. The Bertz CT molecular complexity index is 599. The number of benzene rings is 1. The van der Waals surface area contributed by atoms with Crippen molar-refractivity contribution in [1.29, 1.82) is 0 Å². The Balaban J connectivity index is 2.20. The van der Waals surface area contributed by atoms with Gasteiger partial charge >= 0.3 is 0 Å². The first-order valence-corrected chi connectivity index (χ1v) is 5.62. The molecule has 88 valence electrons. The standard InChI is InChI=1S/C13H12F2N2/c14-9-5-11(15)13-10(7-17-12(13)6-9)8-1-3-16-4-2-8/h1,5-7,16-17H,2-4H2. The number of rotatable bonds is 1. The summed E-state index contributed by atoms with van der Waals surface area (Å²) in [5.41, 5.74) is 2.47. The lowest BCUT2D eigenvalue weighted by Crippen LogP contribution is -2.19. The van der Waals surface area contributed by atoms with Crippen molar-refractivity contribution < 1.29 is 8.78 Å². The molecule has 0 fully saturated rings. The van der Waals surface area contributed by atoms with Crippen LogP contribution in [-0.2, 0) is 0 Å². The van der Waals surface area contributed by atoms with Crippen molar-refractivity contribution in [3.8, 4) is 0 Å². The van der Waals surface area contributed by atoms with Gasteiger partial charge in [-0.1, -0.05) is 6.08 Å². The van der Waals surface area contributed by atoms with E-state index in [1.165, 1.54) is 6.07 Å². The smallest absolute Gasteiger partial charge is 0.136 e. The number of hydrogen-bond donors (Lipinski definition) is 2. The fraction of sp³-hybridized carbons (Fsp3) is 0.231. The Labute approximate surface area is 97.3 Å². The highest BCUT2D eigenvalue weighted by molar-refractivity contribution is 5.93. The van der Waals surface area contributed by atoms with Gasteiger partial charge in [0.1, 0.15) is 11.6 Å². The van der Waals surface area contributed by atoms with Gasteiger partial charge < -0.3 is 10.3 Å². The van der Waals surface area contributed by atoms with E-state index in [0.29, 0.717) is 10.9 Å². The Kier molecular flexibility index (Phi) is 2.44. The van der Waals surface area contributed by atoms with Crippen LogP contribution in [0.3, 0.4) is 0 Å². The maximum absolute atomic E-state index is 13.8. The summed E-state index contributed by atoms with van der Waals surface area (Å²) >= 11 is 0. The third-order valence-corrected chi connectivity index (χ3v) is 3.11. The first-order valence-electron chi connectivity index (χ1n) is 5.62. The summed E-state index contributed by atoms with van der Waals surface area (Å²) in [5.74, 6) is -1.06. The Morgan fingerprint density at radius 1 is 1.18 bits per heavy atom. The van der Waals surface area contributed by atoms with E-state index >= 15 is 0 Å². The van der Waals surface area contributed by atoms with E-state index in [9.17, 15) is 8.78 Å². The summed E-state index contributed by atoms with van der Waals surface area (Å²) in [6.07, 6.45) is 4.67. The zero-order chi connectivity index (χ0) is 11.8. The summed E-state index contributed by atoms with van der Waals surface area (Å²) in [6, 6.07) is 2.25. The SMILES string of the molecule is Fc1cc(F)c2c(C3=CCNCC3)c[nH]c2c1. The number of aromatic amines is 1. The summed E-state index contributed by atoms with van der Waals surface area (Å²) in [7, 11) is 0. The van der Waals surface area contributed by atoms with Crippen molar-refractivity contribution in [3.05, 3.63) is 41.6 Å². The molecule has 0 saturated heterocycles. The highest BCUT2D eigenvalue weighted by Crippen LogP contribution is 2.30. The monoisotopic (exact) mass is 234 g/mol. The molecule has 2 heterocycles. The van der Waals surface area contributed by atoms with E-state index in [4.69, 9.17) is 0 Å². The summed E-state index contributed by atoms with van der Waals surface area (Å²) in [4.78, 5) is 2.93. The largest absolute Gasteiger partial charge is 0.360 e. The van der Waals surface area contributed by atoms with E-state index in [1.807, 2.05) is 0 Å². The molecule has 0 amide bonds. The van der Waals surface area contributed by atoms with E-state index in [0.717, 1.165) is 36.7 Å². The molecule has 0 atom stereocenters. The molecule has 1 aromatic carbocycles. The van der Waals surface area contributed by atoms with Crippen LogP contribution in [0.5, 0.6) is 0 Å². The molecular weight excluding hydrogens is 222 g/mol. The fourth-order valence-electron chi connectivity index (χ4n) is 2.30. The molecule has 4 heteroatoms. The van der Waals surface area contributed by atoms with Gasteiger partial charge in [-0.05, 0) is 24.6 Å². The molecular formula is C13H12F2N2. The Morgan fingerprint density at radius 2 is 2.06 bits per heavy atom. The third kappa shape index (κ3) is 1.74. The van der Waals surface area contributed by atoms with E-state index in [1.54, 1.807) is 6.20 Å². The summed E-state index contributed by atoms with van der Waals surface area (Å²) in [5, 5.41) is 3.69. The second kappa shape index (κ2) is 3.96. The summed E-state index contributed by atoms with van der Waals surface area (Å²) in [6.45, 7) is 1.69. The number of aromatic nitrogens is 1. The average molecular weight is 234 g/mol. The maximum Gasteiger partial charge on any atom is 0.136 e. The molecule has 1 aliphatic heterocycles. The van der Waals surface area contributed by atoms with Crippen LogP contribution in [0, 0.1) is 11.6 Å².